The second kappa shape index (κ2) is 8.79. The van der Waals surface area contributed by atoms with Gasteiger partial charge in [-0.1, -0.05) is 0 Å². The largest absolute Gasteiger partial charge is 0.493 e. The minimum atomic E-state index is -3.68. The zero-order chi connectivity index (χ0) is 21.0. The smallest absolute Gasteiger partial charge is 0.243 e. The SMILES string of the molecule is COc1ccc(S(=O)(=O)N2CCC(C(=O)Nc3cc(C)ccn3)CC2)cc1OC. The Bertz CT molecular complexity index is 985. The molecule has 29 heavy (non-hydrogen) atoms. The number of pyridine rings is 1. The quantitative estimate of drug-likeness (QED) is 0.772. The van der Waals surface area contributed by atoms with E-state index in [1.54, 1.807) is 18.3 Å². The number of anilines is 1. The number of amides is 1. The molecule has 0 aliphatic carbocycles. The summed E-state index contributed by atoms with van der Waals surface area (Å²) in [4.78, 5) is 16.8. The van der Waals surface area contributed by atoms with Crippen LogP contribution in [0.2, 0.25) is 0 Å². The van der Waals surface area contributed by atoms with Crippen LogP contribution in [-0.4, -0.2) is 50.9 Å². The Balaban J connectivity index is 1.65. The van der Waals surface area contributed by atoms with Crippen molar-refractivity contribution in [2.45, 2.75) is 24.7 Å². The normalized spacial score (nSPS) is 15.7. The number of methoxy groups -OCH3 is 2. The fourth-order valence-corrected chi connectivity index (χ4v) is 4.80. The Hall–Kier alpha value is -2.65. The van der Waals surface area contributed by atoms with Crippen LogP contribution in [0.5, 0.6) is 11.5 Å². The topological polar surface area (TPSA) is 97.8 Å². The lowest BCUT2D eigenvalue weighted by Crippen LogP contribution is -2.41. The molecule has 8 nitrogen and oxygen atoms in total. The van der Waals surface area contributed by atoms with Crippen LogP contribution in [-0.2, 0) is 14.8 Å². The molecule has 1 aromatic carbocycles. The molecule has 1 aliphatic rings. The Morgan fingerprint density at radius 1 is 1.10 bits per heavy atom. The third-order valence-corrected chi connectivity index (χ3v) is 6.88. The number of rotatable bonds is 6. The average Bonchev–Trinajstić information content (AvgIpc) is 2.73. The maximum Gasteiger partial charge on any atom is 0.243 e. The summed E-state index contributed by atoms with van der Waals surface area (Å²) >= 11 is 0. The molecule has 2 aromatic rings. The Morgan fingerprint density at radius 3 is 2.41 bits per heavy atom. The van der Waals surface area contributed by atoms with Gasteiger partial charge in [-0.25, -0.2) is 13.4 Å². The van der Waals surface area contributed by atoms with E-state index in [9.17, 15) is 13.2 Å². The summed E-state index contributed by atoms with van der Waals surface area (Å²) in [6.45, 7) is 2.47. The Labute approximate surface area is 170 Å². The number of carbonyl (C=O) groups excluding carboxylic acids is 1. The third kappa shape index (κ3) is 4.68. The van der Waals surface area contributed by atoms with Crippen molar-refractivity contribution in [1.82, 2.24) is 9.29 Å². The van der Waals surface area contributed by atoms with Crippen LogP contribution in [0.25, 0.3) is 0 Å². The maximum atomic E-state index is 13.0. The number of nitrogens with zero attached hydrogens (tertiary/aromatic N) is 2. The van der Waals surface area contributed by atoms with Gasteiger partial charge in [0.2, 0.25) is 15.9 Å². The number of ether oxygens (including phenoxy) is 2. The van der Waals surface area contributed by atoms with Crippen LogP contribution >= 0.6 is 0 Å². The van der Waals surface area contributed by atoms with E-state index in [0.717, 1.165) is 5.56 Å². The number of hydrogen-bond acceptors (Lipinski definition) is 6. The summed E-state index contributed by atoms with van der Waals surface area (Å²) in [5.41, 5.74) is 1.01. The van der Waals surface area contributed by atoms with E-state index in [1.165, 1.54) is 30.7 Å². The van der Waals surface area contributed by atoms with Crippen molar-refractivity contribution in [2.24, 2.45) is 5.92 Å². The molecule has 1 saturated heterocycles. The highest BCUT2D eigenvalue weighted by Gasteiger charge is 2.32. The molecular formula is C20H25N3O5S. The highest BCUT2D eigenvalue weighted by atomic mass is 32.2. The van der Waals surface area contributed by atoms with Crippen molar-refractivity contribution >= 4 is 21.7 Å². The predicted molar refractivity (Wildman–Crippen MR) is 109 cm³/mol. The number of benzene rings is 1. The molecule has 1 aromatic heterocycles. The Kier molecular flexibility index (Phi) is 6.39. The summed E-state index contributed by atoms with van der Waals surface area (Å²) in [5.74, 6) is 0.941. The summed E-state index contributed by atoms with van der Waals surface area (Å²) in [6.07, 6.45) is 2.54. The lowest BCUT2D eigenvalue weighted by atomic mass is 9.97. The van der Waals surface area contributed by atoms with Gasteiger partial charge in [-0.3, -0.25) is 4.79 Å². The van der Waals surface area contributed by atoms with Gasteiger partial charge < -0.3 is 14.8 Å². The van der Waals surface area contributed by atoms with E-state index in [1.807, 2.05) is 13.0 Å². The number of aryl methyl sites for hydroxylation is 1. The Morgan fingerprint density at radius 2 is 1.79 bits per heavy atom. The molecule has 0 saturated carbocycles. The summed E-state index contributed by atoms with van der Waals surface area (Å²) in [7, 11) is -0.726. The van der Waals surface area contributed by atoms with Gasteiger partial charge in [0.25, 0.3) is 0 Å². The summed E-state index contributed by atoms with van der Waals surface area (Å²) in [6, 6.07) is 8.18. The standard InChI is InChI=1S/C20H25N3O5S/c1-14-6-9-21-19(12-14)22-20(24)15-7-10-23(11-8-15)29(25,26)16-4-5-17(27-2)18(13-16)28-3/h4-6,9,12-13,15H,7-8,10-11H2,1-3H3,(H,21,22,24). The molecule has 1 aliphatic heterocycles. The van der Waals surface area contributed by atoms with Gasteiger partial charge in [0, 0.05) is 31.3 Å². The van der Waals surface area contributed by atoms with Crippen molar-refractivity contribution in [3.63, 3.8) is 0 Å². The number of carbonyl (C=O) groups is 1. The van der Waals surface area contributed by atoms with Crippen LogP contribution < -0.4 is 14.8 Å². The first-order valence-electron chi connectivity index (χ1n) is 9.31. The summed E-state index contributed by atoms with van der Waals surface area (Å²) < 4.78 is 37.7. The zero-order valence-corrected chi connectivity index (χ0v) is 17.5. The van der Waals surface area contributed by atoms with Gasteiger partial charge in [-0.2, -0.15) is 4.31 Å². The van der Waals surface area contributed by atoms with Gasteiger partial charge >= 0.3 is 0 Å². The van der Waals surface area contributed by atoms with E-state index in [4.69, 9.17) is 9.47 Å². The van der Waals surface area contributed by atoms with E-state index in [0.29, 0.717) is 30.2 Å². The van der Waals surface area contributed by atoms with Crippen molar-refractivity contribution in [2.75, 3.05) is 32.6 Å². The molecule has 0 atom stereocenters. The molecule has 0 radical (unpaired) electrons. The monoisotopic (exact) mass is 419 g/mol. The predicted octanol–water partition coefficient (Wildman–Crippen LogP) is 2.45. The molecule has 0 spiro atoms. The van der Waals surface area contributed by atoms with E-state index in [2.05, 4.69) is 10.3 Å². The number of sulfonamides is 1. The van der Waals surface area contributed by atoms with Crippen LogP contribution in [0.4, 0.5) is 5.82 Å². The molecule has 0 bridgehead atoms. The summed E-state index contributed by atoms with van der Waals surface area (Å²) in [5, 5.41) is 2.82. The number of aromatic nitrogens is 1. The molecule has 3 rings (SSSR count). The minimum absolute atomic E-state index is 0.133. The number of piperidine rings is 1. The van der Waals surface area contributed by atoms with Crippen molar-refractivity contribution in [3.8, 4) is 11.5 Å². The number of nitrogens with one attached hydrogen (secondary N) is 1. The van der Waals surface area contributed by atoms with Crippen molar-refractivity contribution in [1.29, 1.82) is 0 Å². The second-order valence-corrected chi connectivity index (χ2v) is 8.84. The van der Waals surface area contributed by atoms with Gasteiger partial charge in [0.15, 0.2) is 11.5 Å². The van der Waals surface area contributed by atoms with Crippen LogP contribution in [0.15, 0.2) is 41.4 Å². The molecular weight excluding hydrogens is 394 g/mol. The fraction of sp³-hybridized carbons (Fsp3) is 0.400. The molecule has 0 unspecified atom stereocenters. The number of hydrogen-bond donors (Lipinski definition) is 1. The van der Waals surface area contributed by atoms with Crippen LogP contribution in [0.1, 0.15) is 18.4 Å². The van der Waals surface area contributed by atoms with Crippen molar-refractivity contribution in [3.05, 3.63) is 42.1 Å². The molecule has 1 N–H and O–H groups in total. The molecule has 1 fully saturated rings. The molecule has 2 heterocycles. The first-order chi connectivity index (χ1) is 13.8. The first-order valence-corrected chi connectivity index (χ1v) is 10.7. The highest BCUT2D eigenvalue weighted by Crippen LogP contribution is 2.32. The van der Waals surface area contributed by atoms with Gasteiger partial charge in [-0.05, 0) is 49.6 Å². The third-order valence-electron chi connectivity index (χ3n) is 4.98. The minimum Gasteiger partial charge on any atom is -0.493 e. The van der Waals surface area contributed by atoms with E-state index < -0.39 is 10.0 Å². The molecule has 156 valence electrons. The second-order valence-electron chi connectivity index (χ2n) is 6.90. The fourth-order valence-electron chi connectivity index (χ4n) is 3.32. The average molecular weight is 420 g/mol. The van der Waals surface area contributed by atoms with Crippen LogP contribution in [0, 0.1) is 12.8 Å². The van der Waals surface area contributed by atoms with Crippen LogP contribution in [0.3, 0.4) is 0 Å². The lowest BCUT2D eigenvalue weighted by molar-refractivity contribution is -0.120. The molecule has 1 amide bonds. The van der Waals surface area contributed by atoms with E-state index in [-0.39, 0.29) is 29.8 Å². The van der Waals surface area contributed by atoms with Gasteiger partial charge in [0.05, 0.1) is 19.1 Å². The van der Waals surface area contributed by atoms with Gasteiger partial charge in [0.1, 0.15) is 5.82 Å². The maximum absolute atomic E-state index is 13.0. The van der Waals surface area contributed by atoms with E-state index >= 15 is 0 Å². The zero-order valence-electron chi connectivity index (χ0n) is 16.7. The highest BCUT2D eigenvalue weighted by molar-refractivity contribution is 7.89. The molecule has 9 heteroatoms. The van der Waals surface area contributed by atoms with Gasteiger partial charge in [-0.15, -0.1) is 0 Å². The van der Waals surface area contributed by atoms with Crippen molar-refractivity contribution < 1.29 is 22.7 Å². The first kappa shape index (κ1) is 21.1. The lowest BCUT2D eigenvalue weighted by Gasteiger charge is -2.30.